The van der Waals surface area contributed by atoms with Gasteiger partial charge in [-0.25, -0.2) is 0 Å². The van der Waals surface area contributed by atoms with E-state index in [1.54, 1.807) is 0 Å². The summed E-state index contributed by atoms with van der Waals surface area (Å²) in [7, 11) is 0. The molecule has 0 unspecified atom stereocenters. The van der Waals surface area contributed by atoms with Gasteiger partial charge < -0.3 is 9.99 Å². The Labute approximate surface area is 33.9 Å². The van der Waals surface area contributed by atoms with E-state index in [0.29, 0.717) is 0 Å². The zero-order valence-corrected chi connectivity index (χ0v) is 2.84. The van der Waals surface area contributed by atoms with Crippen LogP contribution in [0.2, 0.25) is 0 Å². The molecule has 0 spiro atoms. The molecule has 0 aromatic heterocycles. The Morgan fingerprint density at radius 3 is 2.83 bits per heavy atom. The Kier molecular flexibility index (Phi) is 0.582. The molecule has 0 saturated carbocycles. The Bertz CT molecular complexity index is 78.9. The summed E-state index contributed by atoms with van der Waals surface area (Å²) in [5.41, 5.74) is 2.01. The molecule has 6 heavy (non-hydrogen) atoms. The van der Waals surface area contributed by atoms with E-state index in [-0.39, 0.29) is 5.88 Å². The molecule has 1 aliphatic heterocycles. The Morgan fingerprint density at radius 2 is 2.67 bits per heavy atom. The number of rotatable bonds is 0. The lowest BCUT2D eigenvalue weighted by Crippen LogP contribution is -2.03. The third-order valence-corrected chi connectivity index (χ3v) is 0.354. The summed E-state index contributed by atoms with van der Waals surface area (Å²) in [5, 5.41) is 8.23. The highest BCUT2D eigenvalue weighted by molar-refractivity contribution is 4.77. The molecule has 4 heteroatoms. The number of hydroxylamine groups is 1. The van der Waals surface area contributed by atoms with Crippen LogP contribution in [0.15, 0.2) is 12.1 Å². The second-order valence-corrected chi connectivity index (χ2v) is 0.785. The second-order valence-electron chi connectivity index (χ2n) is 0.785. The SMILES string of the molecule is OC1=COON1. The van der Waals surface area contributed by atoms with Gasteiger partial charge in [-0.1, -0.05) is 4.99 Å². The molecule has 0 radical (unpaired) electrons. The Hall–Kier alpha value is -0.900. The predicted molar refractivity (Wildman–Crippen MR) is 16.0 cm³/mol. The smallest absolute Gasteiger partial charge is 0.252 e. The topological polar surface area (TPSA) is 50.7 Å². The number of aliphatic hydroxyl groups excluding tert-OH is 1. The van der Waals surface area contributed by atoms with Crippen LogP contribution in [0.1, 0.15) is 0 Å². The Morgan fingerprint density at radius 1 is 1.83 bits per heavy atom. The van der Waals surface area contributed by atoms with Gasteiger partial charge in [0, 0.05) is 0 Å². The van der Waals surface area contributed by atoms with Crippen molar-refractivity contribution in [3.05, 3.63) is 12.1 Å². The van der Waals surface area contributed by atoms with Gasteiger partial charge in [0.25, 0.3) is 5.88 Å². The number of hydrogen-bond donors (Lipinski definition) is 2. The molecule has 4 nitrogen and oxygen atoms in total. The van der Waals surface area contributed by atoms with Crippen molar-refractivity contribution >= 4 is 0 Å². The summed E-state index contributed by atoms with van der Waals surface area (Å²) in [6.45, 7) is 0. The van der Waals surface area contributed by atoms with Crippen molar-refractivity contribution in [3.8, 4) is 0 Å². The van der Waals surface area contributed by atoms with Gasteiger partial charge in [-0.3, -0.25) is 0 Å². The van der Waals surface area contributed by atoms with Crippen molar-refractivity contribution in [3.63, 3.8) is 0 Å². The maximum absolute atomic E-state index is 8.23. The third kappa shape index (κ3) is 0.367. The van der Waals surface area contributed by atoms with E-state index in [1.165, 1.54) is 0 Å². The van der Waals surface area contributed by atoms with Gasteiger partial charge in [0.15, 0.2) is 6.26 Å². The maximum Gasteiger partial charge on any atom is 0.252 e. The fraction of sp³-hybridized carbons (Fsp3) is 0. The molecule has 0 saturated heterocycles. The quantitative estimate of drug-likeness (QED) is 0.404. The summed E-state index contributed by atoms with van der Waals surface area (Å²) in [5.74, 6) is -0.116. The fourth-order valence-electron chi connectivity index (χ4n) is 0.160. The van der Waals surface area contributed by atoms with Crippen LogP contribution in [-0.2, 0) is 9.88 Å². The third-order valence-electron chi connectivity index (χ3n) is 0.354. The van der Waals surface area contributed by atoms with E-state index in [9.17, 15) is 0 Å². The molecule has 34 valence electrons. The first kappa shape index (κ1) is 3.30. The van der Waals surface area contributed by atoms with Crippen LogP contribution < -0.4 is 5.48 Å². The van der Waals surface area contributed by atoms with E-state index in [1.807, 2.05) is 5.48 Å². The van der Waals surface area contributed by atoms with Crippen molar-refractivity contribution in [1.29, 1.82) is 0 Å². The average molecular weight is 89.0 g/mol. The highest BCUT2D eigenvalue weighted by Gasteiger charge is 1.98. The molecule has 0 amide bonds. The lowest BCUT2D eigenvalue weighted by atomic mass is 10.9. The van der Waals surface area contributed by atoms with Crippen molar-refractivity contribution in [2.24, 2.45) is 0 Å². The molecular weight excluding hydrogens is 86.0 g/mol. The minimum absolute atomic E-state index is 0.116. The molecule has 1 aliphatic rings. The molecule has 2 N–H and O–H groups in total. The summed E-state index contributed by atoms with van der Waals surface area (Å²) in [6.07, 6.45) is 1.04. The lowest BCUT2D eigenvalue weighted by Gasteiger charge is -1.83. The normalized spacial score (nSPS) is 18.3. The van der Waals surface area contributed by atoms with Crippen molar-refractivity contribution in [2.75, 3.05) is 0 Å². The molecule has 0 aliphatic carbocycles. The summed E-state index contributed by atoms with van der Waals surface area (Å²) < 4.78 is 0. The van der Waals surface area contributed by atoms with E-state index in [4.69, 9.17) is 5.11 Å². The summed E-state index contributed by atoms with van der Waals surface area (Å²) >= 11 is 0. The molecule has 1 heterocycles. The van der Waals surface area contributed by atoms with Gasteiger partial charge in [-0.05, 0) is 0 Å². The predicted octanol–water partition coefficient (Wildman–Crippen LogP) is -0.190. The zero-order chi connectivity index (χ0) is 4.41. The largest absolute Gasteiger partial charge is 0.491 e. The van der Waals surface area contributed by atoms with Crippen LogP contribution in [0.3, 0.4) is 0 Å². The van der Waals surface area contributed by atoms with Gasteiger partial charge >= 0.3 is 0 Å². The number of aliphatic hydroxyl groups is 1. The van der Waals surface area contributed by atoms with Crippen LogP contribution in [0.25, 0.3) is 0 Å². The van der Waals surface area contributed by atoms with Gasteiger partial charge in [-0.15, -0.1) is 0 Å². The van der Waals surface area contributed by atoms with Crippen LogP contribution in [0, 0.1) is 0 Å². The van der Waals surface area contributed by atoms with Crippen molar-refractivity contribution < 1.29 is 15.0 Å². The van der Waals surface area contributed by atoms with Crippen LogP contribution in [0.5, 0.6) is 0 Å². The minimum atomic E-state index is -0.116. The second kappa shape index (κ2) is 1.06. The first-order valence-corrected chi connectivity index (χ1v) is 1.37. The molecule has 1 rings (SSSR count). The zero-order valence-electron chi connectivity index (χ0n) is 2.84. The Balaban J connectivity index is 2.45. The summed E-state index contributed by atoms with van der Waals surface area (Å²) in [6, 6.07) is 0. The monoisotopic (exact) mass is 89.0 g/mol. The minimum Gasteiger partial charge on any atom is -0.491 e. The summed E-state index contributed by atoms with van der Waals surface area (Å²) in [4.78, 5) is 8.00. The molecule has 0 fully saturated rings. The van der Waals surface area contributed by atoms with E-state index in [0.717, 1.165) is 6.26 Å². The molecule has 0 atom stereocenters. The highest BCUT2D eigenvalue weighted by Crippen LogP contribution is 1.91. The molecular formula is C2H3NO3. The van der Waals surface area contributed by atoms with Crippen molar-refractivity contribution in [1.82, 2.24) is 5.48 Å². The number of nitrogens with one attached hydrogen (secondary N) is 1. The van der Waals surface area contributed by atoms with E-state index >= 15 is 0 Å². The van der Waals surface area contributed by atoms with Gasteiger partial charge in [0.1, 0.15) is 0 Å². The molecule has 0 aromatic rings. The first-order valence-electron chi connectivity index (χ1n) is 1.37. The highest BCUT2D eigenvalue weighted by atomic mass is 17.3. The van der Waals surface area contributed by atoms with Crippen LogP contribution in [-0.4, -0.2) is 5.11 Å². The van der Waals surface area contributed by atoms with E-state index < -0.39 is 0 Å². The standard InChI is InChI=1S/C2H3NO3/c4-2-1-5-6-3-2/h1,3-4H. The first-order chi connectivity index (χ1) is 2.89. The van der Waals surface area contributed by atoms with Crippen molar-refractivity contribution in [2.45, 2.75) is 0 Å². The fourth-order valence-corrected chi connectivity index (χ4v) is 0.160. The van der Waals surface area contributed by atoms with Crippen LogP contribution >= 0.6 is 0 Å². The van der Waals surface area contributed by atoms with Gasteiger partial charge in [-0.2, -0.15) is 5.48 Å². The molecule has 0 aromatic carbocycles. The maximum atomic E-state index is 8.23. The molecule has 0 bridgehead atoms. The average Bonchev–Trinajstić information content (AvgIpc) is 1.86. The number of hydrogen-bond acceptors (Lipinski definition) is 4. The van der Waals surface area contributed by atoms with Gasteiger partial charge in [0.2, 0.25) is 0 Å². The lowest BCUT2D eigenvalue weighted by molar-refractivity contribution is -0.267. The van der Waals surface area contributed by atoms with E-state index in [2.05, 4.69) is 9.88 Å². The van der Waals surface area contributed by atoms with Gasteiger partial charge in [0.05, 0.1) is 0 Å². The van der Waals surface area contributed by atoms with Crippen LogP contribution in [0.4, 0.5) is 0 Å².